The van der Waals surface area contributed by atoms with Gasteiger partial charge in [-0.15, -0.1) is 11.3 Å². The van der Waals surface area contributed by atoms with Crippen LogP contribution in [0.5, 0.6) is 0 Å². The number of hydrogen-bond acceptors (Lipinski definition) is 5. The van der Waals surface area contributed by atoms with E-state index in [-0.39, 0.29) is 0 Å². The standard InChI is InChI=1S/C15H20N4S/c1-18(2)15-8-12(5-6-16-15)14-4-3-7-19(14)9-13-10-20-11-17-13/h5-6,8,10-11,14H,3-4,7,9H2,1-2H3/t14-/m0/s1. The molecule has 1 fully saturated rings. The normalized spacial score (nSPS) is 19.4. The van der Waals surface area contributed by atoms with E-state index in [1.54, 1.807) is 11.3 Å². The molecule has 3 heterocycles. The maximum absolute atomic E-state index is 4.41. The molecule has 0 unspecified atom stereocenters. The first-order valence-corrected chi connectivity index (χ1v) is 7.93. The van der Waals surface area contributed by atoms with Gasteiger partial charge in [0, 0.05) is 38.3 Å². The first-order chi connectivity index (χ1) is 9.74. The highest BCUT2D eigenvalue weighted by atomic mass is 32.1. The second-order valence-corrected chi connectivity index (χ2v) is 6.17. The lowest BCUT2D eigenvalue weighted by molar-refractivity contribution is 0.246. The summed E-state index contributed by atoms with van der Waals surface area (Å²) < 4.78 is 0. The Balaban J connectivity index is 1.79. The molecular weight excluding hydrogens is 268 g/mol. The van der Waals surface area contributed by atoms with Crippen LogP contribution in [0.15, 0.2) is 29.2 Å². The number of hydrogen-bond donors (Lipinski definition) is 0. The lowest BCUT2D eigenvalue weighted by Crippen LogP contribution is -2.23. The van der Waals surface area contributed by atoms with Crippen molar-refractivity contribution in [1.29, 1.82) is 0 Å². The smallest absolute Gasteiger partial charge is 0.128 e. The van der Waals surface area contributed by atoms with Gasteiger partial charge in [0.05, 0.1) is 11.2 Å². The van der Waals surface area contributed by atoms with Crippen LogP contribution in [-0.4, -0.2) is 35.5 Å². The summed E-state index contributed by atoms with van der Waals surface area (Å²) in [5.41, 5.74) is 4.47. The van der Waals surface area contributed by atoms with Crippen LogP contribution in [-0.2, 0) is 6.54 Å². The van der Waals surface area contributed by atoms with Gasteiger partial charge in [0.25, 0.3) is 0 Å². The summed E-state index contributed by atoms with van der Waals surface area (Å²) in [5, 5.41) is 2.15. The fraction of sp³-hybridized carbons (Fsp3) is 0.467. The summed E-state index contributed by atoms with van der Waals surface area (Å²) in [7, 11) is 4.07. The molecule has 0 saturated carbocycles. The van der Waals surface area contributed by atoms with Crippen LogP contribution >= 0.6 is 11.3 Å². The van der Waals surface area contributed by atoms with Crippen molar-refractivity contribution >= 4 is 17.2 Å². The summed E-state index contributed by atoms with van der Waals surface area (Å²) in [6.45, 7) is 2.11. The number of aromatic nitrogens is 2. The summed E-state index contributed by atoms with van der Waals surface area (Å²) in [5.74, 6) is 1.03. The molecule has 0 radical (unpaired) electrons. The maximum atomic E-state index is 4.41. The molecule has 106 valence electrons. The van der Waals surface area contributed by atoms with Gasteiger partial charge in [-0.2, -0.15) is 0 Å². The van der Waals surface area contributed by atoms with E-state index in [1.165, 1.54) is 24.1 Å². The Bertz CT molecular complexity index is 553. The zero-order chi connectivity index (χ0) is 13.9. The molecule has 2 aromatic rings. The van der Waals surface area contributed by atoms with Crippen LogP contribution in [0.2, 0.25) is 0 Å². The van der Waals surface area contributed by atoms with Crippen LogP contribution in [0, 0.1) is 0 Å². The molecule has 1 atom stereocenters. The van der Waals surface area contributed by atoms with E-state index in [2.05, 4.69) is 37.3 Å². The molecule has 1 aliphatic rings. The minimum absolute atomic E-state index is 0.499. The van der Waals surface area contributed by atoms with Crippen LogP contribution in [0.25, 0.3) is 0 Å². The third-order valence-corrected chi connectivity index (χ3v) is 4.46. The molecule has 4 nitrogen and oxygen atoms in total. The first kappa shape index (κ1) is 13.5. The predicted octanol–water partition coefficient (Wildman–Crippen LogP) is 2.94. The Hall–Kier alpha value is -1.46. The van der Waals surface area contributed by atoms with Crippen molar-refractivity contribution in [1.82, 2.24) is 14.9 Å². The van der Waals surface area contributed by atoms with E-state index >= 15 is 0 Å². The molecule has 20 heavy (non-hydrogen) atoms. The van der Waals surface area contributed by atoms with Crippen LogP contribution < -0.4 is 4.90 Å². The Morgan fingerprint density at radius 3 is 3.05 bits per heavy atom. The predicted molar refractivity (Wildman–Crippen MR) is 83.1 cm³/mol. The van der Waals surface area contributed by atoms with E-state index in [0.29, 0.717) is 6.04 Å². The molecule has 0 aliphatic carbocycles. The highest BCUT2D eigenvalue weighted by Gasteiger charge is 2.26. The largest absolute Gasteiger partial charge is 0.363 e. The number of nitrogens with zero attached hydrogens (tertiary/aromatic N) is 4. The Morgan fingerprint density at radius 1 is 1.40 bits per heavy atom. The fourth-order valence-electron chi connectivity index (χ4n) is 2.80. The Morgan fingerprint density at radius 2 is 2.30 bits per heavy atom. The molecule has 0 spiro atoms. The van der Waals surface area contributed by atoms with Gasteiger partial charge >= 0.3 is 0 Å². The molecule has 0 aromatic carbocycles. The lowest BCUT2D eigenvalue weighted by Gasteiger charge is -2.24. The number of thiazole rings is 1. The summed E-state index contributed by atoms with van der Waals surface area (Å²) in [6, 6.07) is 4.86. The molecule has 2 aromatic heterocycles. The fourth-order valence-corrected chi connectivity index (χ4v) is 3.35. The van der Waals surface area contributed by atoms with E-state index in [4.69, 9.17) is 0 Å². The topological polar surface area (TPSA) is 32.3 Å². The summed E-state index contributed by atoms with van der Waals surface area (Å²) in [6.07, 6.45) is 4.40. The van der Waals surface area contributed by atoms with Crippen molar-refractivity contribution in [3.63, 3.8) is 0 Å². The number of pyridine rings is 1. The maximum Gasteiger partial charge on any atom is 0.128 e. The van der Waals surface area contributed by atoms with Crippen molar-refractivity contribution < 1.29 is 0 Å². The van der Waals surface area contributed by atoms with Gasteiger partial charge in [-0.05, 0) is 37.1 Å². The Labute approximate surface area is 124 Å². The molecule has 3 rings (SSSR count). The Kier molecular flexibility index (Phi) is 3.98. The minimum atomic E-state index is 0.499. The summed E-state index contributed by atoms with van der Waals surface area (Å²) in [4.78, 5) is 13.4. The van der Waals surface area contributed by atoms with Gasteiger partial charge in [-0.25, -0.2) is 9.97 Å². The SMILES string of the molecule is CN(C)c1cc([C@@H]2CCCN2Cc2cscn2)ccn1. The van der Waals surface area contributed by atoms with Gasteiger partial charge in [0.15, 0.2) is 0 Å². The van der Waals surface area contributed by atoms with E-state index in [9.17, 15) is 0 Å². The minimum Gasteiger partial charge on any atom is -0.363 e. The molecule has 1 aliphatic heterocycles. The molecule has 5 heteroatoms. The van der Waals surface area contributed by atoms with Crippen LogP contribution in [0.4, 0.5) is 5.82 Å². The summed E-state index contributed by atoms with van der Waals surface area (Å²) >= 11 is 1.67. The molecule has 0 N–H and O–H groups in total. The monoisotopic (exact) mass is 288 g/mol. The zero-order valence-electron chi connectivity index (χ0n) is 12.0. The zero-order valence-corrected chi connectivity index (χ0v) is 12.8. The molecule has 0 bridgehead atoms. The van der Waals surface area contributed by atoms with Crippen LogP contribution in [0.3, 0.4) is 0 Å². The van der Waals surface area contributed by atoms with Crippen LogP contribution in [0.1, 0.15) is 30.1 Å². The number of rotatable bonds is 4. The van der Waals surface area contributed by atoms with Gasteiger partial charge in [0.1, 0.15) is 5.82 Å². The molecular formula is C15H20N4S. The van der Waals surface area contributed by atoms with Crippen molar-refractivity contribution in [3.05, 3.63) is 40.5 Å². The van der Waals surface area contributed by atoms with Crippen molar-refractivity contribution in [3.8, 4) is 0 Å². The number of anilines is 1. The van der Waals surface area contributed by atoms with Gasteiger partial charge < -0.3 is 4.90 Å². The second kappa shape index (κ2) is 5.89. The van der Waals surface area contributed by atoms with E-state index < -0.39 is 0 Å². The highest BCUT2D eigenvalue weighted by molar-refractivity contribution is 7.07. The van der Waals surface area contributed by atoms with E-state index in [1.807, 2.05) is 25.8 Å². The first-order valence-electron chi connectivity index (χ1n) is 6.98. The third kappa shape index (κ3) is 2.83. The van der Waals surface area contributed by atoms with Crippen molar-refractivity contribution in [2.45, 2.75) is 25.4 Å². The van der Waals surface area contributed by atoms with Crippen molar-refractivity contribution in [2.24, 2.45) is 0 Å². The highest BCUT2D eigenvalue weighted by Crippen LogP contribution is 2.33. The van der Waals surface area contributed by atoms with Gasteiger partial charge in [-0.3, -0.25) is 4.90 Å². The van der Waals surface area contributed by atoms with Crippen molar-refractivity contribution in [2.75, 3.05) is 25.5 Å². The third-order valence-electron chi connectivity index (χ3n) is 3.82. The lowest BCUT2D eigenvalue weighted by atomic mass is 10.1. The average Bonchev–Trinajstić information content (AvgIpc) is 3.11. The van der Waals surface area contributed by atoms with Gasteiger partial charge in [-0.1, -0.05) is 0 Å². The second-order valence-electron chi connectivity index (χ2n) is 5.45. The van der Waals surface area contributed by atoms with Gasteiger partial charge in [0.2, 0.25) is 0 Å². The molecule has 0 amide bonds. The van der Waals surface area contributed by atoms with E-state index in [0.717, 1.165) is 18.9 Å². The number of likely N-dealkylation sites (tertiary alicyclic amines) is 1. The average molecular weight is 288 g/mol. The quantitative estimate of drug-likeness (QED) is 0.866. The molecule has 1 saturated heterocycles.